The highest BCUT2D eigenvalue weighted by atomic mass is 16.2. The number of rotatable bonds is 3. The summed E-state index contributed by atoms with van der Waals surface area (Å²) in [5, 5.41) is 11.1. The van der Waals surface area contributed by atoms with Gasteiger partial charge in [0.1, 0.15) is 0 Å². The molecule has 0 aliphatic carbocycles. The number of hydrogen-bond acceptors (Lipinski definition) is 4. The molecule has 7 heteroatoms. The van der Waals surface area contributed by atoms with E-state index in [2.05, 4.69) is 20.7 Å². The van der Waals surface area contributed by atoms with E-state index < -0.39 is 0 Å². The Hall–Kier alpha value is -4.00. The van der Waals surface area contributed by atoms with Gasteiger partial charge >= 0.3 is 0 Å². The van der Waals surface area contributed by atoms with Crippen LogP contribution in [0, 0.1) is 6.92 Å². The second-order valence-electron chi connectivity index (χ2n) is 6.98. The van der Waals surface area contributed by atoms with Gasteiger partial charge in [0.2, 0.25) is 5.91 Å². The normalized spacial score (nSPS) is 12.7. The van der Waals surface area contributed by atoms with E-state index in [1.807, 2.05) is 43.3 Å². The third kappa shape index (κ3) is 3.02. The number of benzene rings is 2. The van der Waals surface area contributed by atoms with Crippen LogP contribution in [0.25, 0.3) is 16.7 Å². The fourth-order valence-corrected chi connectivity index (χ4v) is 3.54. The first kappa shape index (κ1) is 17.1. The molecule has 0 spiro atoms. The first-order valence-electron chi connectivity index (χ1n) is 9.23. The molecular formula is C22H17N5O2. The molecule has 7 nitrogen and oxygen atoms in total. The highest BCUT2D eigenvalue weighted by Crippen LogP contribution is 2.26. The molecule has 0 bridgehead atoms. The van der Waals surface area contributed by atoms with Gasteiger partial charge in [-0.3, -0.25) is 9.59 Å². The maximum Gasteiger partial charge on any atom is 0.255 e. The number of para-hydroxylation sites is 1. The fourth-order valence-electron chi connectivity index (χ4n) is 3.54. The van der Waals surface area contributed by atoms with Crippen LogP contribution in [0.3, 0.4) is 0 Å². The van der Waals surface area contributed by atoms with Gasteiger partial charge in [-0.2, -0.15) is 5.10 Å². The predicted molar refractivity (Wildman–Crippen MR) is 110 cm³/mol. The number of carbonyl (C=O) groups is 2. The van der Waals surface area contributed by atoms with Crippen molar-refractivity contribution in [1.82, 2.24) is 14.8 Å². The van der Waals surface area contributed by atoms with Crippen LogP contribution < -0.4 is 10.6 Å². The number of carbonyl (C=O) groups excluding carboxylic acids is 2. The molecule has 0 unspecified atom stereocenters. The van der Waals surface area contributed by atoms with E-state index in [9.17, 15) is 9.59 Å². The molecule has 5 rings (SSSR count). The molecule has 142 valence electrons. The summed E-state index contributed by atoms with van der Waals surface area (Å²) in [7, 11) is 0. The van der Waals surface area contributed by atoms with E-state index in [4.69, 9.17) is 0 Å². The lowest BCUT2D eigenvalue weighted by atomic mass is 10.1. The van der Waals surface area contributed by atoms with E-state index >= 15 is 0 Å². The Labute approximate surface area is 166 Å². The zero-order chi connectivity index (χ0) is 20.0. The summed E-state index contributed by atoms with van der Waals surface area (Å²) in [6, 6.07) is 16.9. The molecule has 2 amide bonds. The van der Waals surface area contributed by atoms with E-state index in [-0.39, 0.29) is 11.8 Å². The average Bonchev–Trinajstić information content (AvgIpc) is 3.27. The van der Waals surface area contributed by atoms with Crippen molar-refractivity contribution in [1.29, 1.82) is 0 Å². The van der Waals surface area contributed by atoms with E-state index in [0.29, 0.717) is 17.7 Å². The van der Waals surface area contributed by atoms with Crippen LogP contribution in [0.5, 0.6) is 0 Å². The quantitative estimate of drug-likeness (QED) is 0.567. The molecular weight excluding hydrogens is 366 g/mol. The van der Waals surface area contributed by atoms with E-state index in [1.165, 1.54) is 0 Å². The monoisotopic (exact) mass is 383 g/mol. The standard InChI is InChI=1S/C22H17N5O2/c1-13-18-11-16(12-23-21(18)27(26-13)17-5-3-2-4-6-17)24-22(29)14-7-8-19-15(9-14)10-20(28)25-19/h2-9,11-12H,10H2,1H3,(H,24,29)(H,25,28). The fraction of sp³-hybridized carbons (Fsp3) is 0.0909. The van der Waals surface area contributed by atoms with Gasteiger partial charge in [-0.05, 0) is 48.9 Å². The van der Waals surface area contributed by atoms with Gasteiger partial charge in [-0.1, -0.05) is 18.2 Å². The molecule has 1 aliphatic rings. The van der Waals surface area contributed by atoms with Crippen molar-refractivity contribution >= 4 is 34.2 Å². The van der Waals surface area contributed by atoms with Crippen molar-refractivity contribution in [3.8, 4) is 5.69 Å². The summed E-state index contributed by atoms with van der Waals surface area (Å²) in [6.07, 6.45) is 1.92. The van der Waals surface area contributed by atoms with Gasteiger partial charge in [-0.15, -0.1) is 0 Å². The number of nitrogens with one attached hydrogen (secondary N) is 2. The molecule has 3 heterocycles. The minimum atomic E-state index is -0.249. The van der Waals surface area contributed by atoms with Crippen LogP contribution in [0.4, 0.5) is 11.4 Å². The van der Waals surface area contributed by atoms with Crippen molar-refractivity contribution in [2.45, 2.75) is 13.3 Å². The number of fused-ring (bicyclic) bond motifs is 2. The molecule has 0 atom stereocenters. The number of aromatic nitrogens is 3. The smallest absolute Gasteiger partial charge is 0.255 e. The zero-order valence-corrected chi connectivity index (χ0v) is 15.6. The summed E-state index contributed by atoms with van der Waals surface area (Å²) < 4.78 is 1.79. The lowest BCUT2D eigenvalue weighted by molar-refractivity contribution is -0.115. The Morgan fingerprint density at radius 3 is 2.79 bits per heavy atom. The van der Waals surface area contributed by atoms with Gasteiger partial charge in [0.25, 0.3) is 5.91 Å². The molecule has 2 N–H and O–H groups in total. The van der Waals surface area contributed by atoms with Crippen LogP contribution in [-0.4, -0.2) is 26.6 Å². The second-order valence-corrected chi connectivity index (χ2v) is 6.98. The average molecular weight is 383 g/mol. The van der Waals surface area contributed by atoms with Crippen LogP contribution in [0.2, 0.25) is 0 Å². The molecule has 2 aromatic heterocycles. The Morgan fingerprint density at radius 2 is 1.97 bits per heavy atom. The number of pyridine rings is 1. The van der Waals surface area contributed by atoms with Crippen molar-refractivity contribution in [3.63, 3.8) is 0 Å². The predicted octanol–water partition coefficient (Wildman–Crippen LogP) is 3.48. The van der Waals surface area contributed by atoms with E-state index in [0.717, 1.165) is 33.7 Å². The lowest BCUT2D eigenvalue weighted by Crippen LogP contribution is -2.12. The minimum Gasteiger partial charge on any atom is -0.326 e. The highest BCUT2D eigenvalue weighted by Gasteiger charge is 2.19. The number of hydrogen-bond donors (Lipinski definition) is 2. The van der Waals surface area contributed by atoms with Gasteiger partial charge < -0.3 is 10.6 Å². The summed E-state index contributed by atoms with van der Waals surface area (Å²) in [5.74, 6) is -0.306. The van der Waals surface area contributed by atoms with Crippen LogP contribution >= 0.6 is 0 Å². The van der Waals surface area contributed by atoms with Gasteiger partial charge in [0.05, 0.1) is 29.7 Å². The Kier molecular flexibility index (Phi) is 3.87. The second kappa shape index (κ2) is 6.56. The van der Waals surface area contributed by atoms with E-state index in [1.54, 1.807) is 29.1 Å². The minimum absolute atomic E-state index is 0.0573. The maximum atomic E-state index is 12.7. The Morgan fingerprint density at radius 1 is 1.14 bits per heavy atom. The van der Waals surface area contributed by atoms with Crippen molar-refractivity contribution in [3.05, 3.63) is 77.6 Å². The van der Waals surface area contributed by atoms with Crippen LogP contribution in [0.1, 0.15) is 21.6 Å². The molecule has 0 radical (unpaired) electrons. The summed E-state index contributed by atoms with van der Waals surface area (Å²) in [6.45, 7) is 1.92. The van der Waals surface area contributed by atoms with Crippen LogP contribution in [0.15, 0.2) is 60.8 Å². The molecule has 29 heavy (non-hydrogen) atoms. The third-order valence-corrected chi connectivity index (χ3v) is 4.96. The Balaban J connectivity index is 1.44. The molecule has 1 aliphatic heterocycles. The lowest BCUT2D eigenvalue weighted by Gasteiger charge is -2.07. The Bertz CT molecular complexity index is 1280. The molecule has 4 aromatic rings. The van der Waals surface area contributed by atoms with Gasteiger partial charge in [0.15, 0.2) is 5.65 Å². The third-order valence-electron chi connectivity index (χ3n) is 4.96. The first-order valence-corrected chi connectivity index (χ1v) is 9.23. The molecule has 2 aromatic carbocycles. The number of aryl methyl sites for hydroxylation is 1. The highest BCUT2D eigenvalue weighted by molar-refractivity contribution is 6.07. The maximum absolute atomic E-state index is 12.7. The van der Waals surface area contributed by atoms with Crippen molar-refractivity contribution in [2.24, 2.45) is 0 Å². The van der Waals surface area contributed by atoms with Gasteiger partial charge in [-0.25, -0.2) is 9.67 Å². The van der Waals surface area contributed by atoms with Crippen LogP contribution in [-0.2, 0) is 11.2 Å². The molecule has 0 saturated carbocycles. The first-order chi connectivity index (χ1) is 14.1. The van der Waals surface area contributed by atoms with Gasteiger partial charge in [0, 0.05) is 16.6 Å². The number of amides is 2. The summed E-state index contributed by atoms with van der Waals surface area (Å²) in [5.41, 5.74) is 5.17. The van der Waals surface area contributed by atoms with Crippen molar-refractivity contribution in [2.75, 3.05) is 10.6 Å². The SMILES string of the molecule is Cc1nn(-c2ccccc2)c2ncc(NC(=O)c3ccc4c(c3)CC(=O)N4)cc12. The molecule has 0 saturated heterocycles. The molecule has 0 fully saturated rings. The van der Waals surface area contributed by atoms with Crippen molar-refractivity contribution < 1.29 is 9.59 Å². The number of nitrogens with zero attached hydrogens (tertiary/aromatic N) is 3. The topological polar surface area (TPSA) is 88.9 Å². The number of anilines is 2. The zero-order valence-electron chi connectivity index (χ0n) is 15.6. The summed E-state index contributed by atoms with van der Waals surface area (Å²) in [4.78, 5) is 28.7. The summed E-state index contributed by atoms with van der Waals surface area (Å²) >= 11 is 0. The largest absolute Gasteiger partial charge is 0.326 e.